The molecule has 20 heavy (non-hydrogen) atoms. The van der Waals surface area contributed by atoms with Crippen molar-refractivity contribution in [3.05, 3.63) is 62.1 Å². The van der Waals surface area contributed by atoms with Crippen molar-refractivity contribution in [3.63, 3.8) is 0 Å². The van der Waals surface area contributed by atoms with Gasteiger partial charge < -0.3 is 5.73 Å². The van der Waals surface area contributed by atoms with Crippen molar-refractivity contribution in [2.75, 3.05) is 5.73 Å². The van der Waals surface area contributed by atoms with Gasteiger partial charge in [-0.3, -0.25) is 10.1 Å². The SMILES string of the molecule is Nc1ccc(Cl)c(SCc2c(Cl)cccc2[N+](=O)[O-])c1. The first-order valence-corrected chi connectivity index (χ1v) is 7.33. The third-order valence-corrected chi connectivity index (χ3v) is 4.50. The molecule has 104 valence electrons. The first-order valence-electron chi connectivity index (χ1n) is 5.58. The molecule has 2 N–H and O–H groups in total. The smallest absolute Gasteiger partial charge is 0.274 e. The van der Waals surface area contributed by atoms with Gasteiger partial charge in [-0.15, -0.1) is 11.8 Å². The van der Waals surface area contributed by atoms with E-state index in [-0.39, 0.29) is 5.69 Å². The molecule has 0 fully saturated rings. The fourth-order valence-corrected chi connectivity index (χ4v) is 3.27. The Balaban J connectivity index is 2.27. The summed E-state index contributed by atoms with van der Waals surface area (Å²) in [7, 11) is 0. The summed E-state index contributed by atoms with van der Waals surface area (Å²) < 4.78 is 0. The van der Waals surface area contributed by atoms with E-state index in [0.717, 1.165) is 4.90 Å². The number of hydrogen-bond acceptors (Lipinski definition) is 4. The van der Waals surface area contributed by atoms with Gasteiger partial charge in [-0.05, 0) is 24.3 Å². The lowest BCUT2D eigenvalue weighted by molar-refractivity contribution is -0.385. The zero-order valence-corrected chi connectivity index (χ0v) is 12.5. The summed E-state index contributed by atoms with van der Waals surface area (Å²) in [4.78, 5) is 11.3. The summed E-state index contributed by atoms with van der Waals surface area (Å²) >= 11 is 13.5. The van der Waals surface area contributed by atoms with Gasteiger partial charge in [0.15, 0.2) is 0 Å². The summed E-state index contributed by atoms with van der Waals surface area (Å²) in [6.45, 7) is 0. The van der Waals surface area contributed by atoms with Crippen LogP contribution in [0.25, 0.3) is 0 Å². The van der Waals surface area contributed by atoms with Crippen molar-refractivity contribution in [1.29, 1.82) is 0 Å². The average molecular weight is 329 g/mol. The summed E-state index contributed by atoms with van der Waals surface area (Å²) in [5, 5.41) is 11.9. The fourth-order valence-electron chi connectivity index (χ4n) is 1.64. The van der Waals surface area contributed by atoms with Gasteiger partial charge >= 0.3 is 0 Å². The topological polar surface area (TPSA) is 69.2 Å². The van der Waals surface area contributed by atoms with Crippen LogP contribution >= 0.6 is 35.0 Å². The van der Waals surface area contributed by atoms with Crippen LogP contribution in [0.3, 0.4) is 0 Å². The van der Waals surface area contributed by atoms with E-state index in [1.165, 1.54) is 17.8 Å². The molecular weight excluding hydrogens is 319 g/mol. The monoisotopic (exact) mass is 328 g/mol. The highest BCUT2D eigenvalue weighted by Gasteiger charge is 2.17. The molecule has 0 spiro atoms. The molecule has 2 aromatic carbocycles. The maximum atomic E-state index is 11.0. The second kappa shape index (κ2) is 6.35. The lowest BCUT2D eigenvalue weighted by atomic mass is 10.2. The lowest BCUT2D eigenvalue weighted by Gasteiger charge is -2.07. The highest BCUT2D eigenvalue weighted by molar-refractivity contribution is 7.98. The number of thioether (sulfide) groups is 1. The number of nitrogens with two attached hydrogens (primary N) is 1. The van der Waals surface area contributed by atoms with E-state index in [1.807, 2.05) is 0 Å². The zero-order chi connectivity index (χ0) is 14.7. The number of benzene rings is 2. The number of nitro benzene ring substituents is 1. The van der Waals surface area contributed by atoms with Gasteiger partial charge in [-0.25, -0.2) is 0 Å². The number of halogens is 2. The Labute approximate surface area is 130 Å². The quantitative estimate of drug-likeness (QED) is 0.379. The molecule has 4 nitrogen and oxygen atoms in total. The zero-order valence-electron chi connectivity index (χ0n) is 10.2. The number of nitro groups is 1. The molecule has 0 aliphatic heterocycles. The van der Waals surface area contributed by atoms with Gasteiger partial charge in [0, 0.05) is 22.4 Å². The van der Waals surface area contributed by atoms with E-state index in [4.69, 9.17) is 28.9 Å². The Kier molecular flexibility index (Phi) is 4.75. The number of hydrogen-bond donors (Lipinski definition) is 1. The molecule has 0 aliphatic rings. The van der Waals surface area contributed by atoms with Crippen LogP contribution in [0.1, 0.15) is 5.56 Å². The molecule has 0 radical (unpaired) electrons. The molecule has 0 bridgehead atoms. The molecule has 0 aromatic heterocycles. The van der Waals surface area contributed by atoms with Crippen LogP contribution in [0.2, 0.25) is 10.0 Å². The first-order chi connectivity index (χ1) is 9.49. The summed E-state index contributed by atoms with van der Waals surface area (Å²) in [6, 6.07) is 9.75. The molecule has 7 heteroatoms. The highest BCUT2D eigenvalue weighted by Crippen LogP contribution is 2.36. The van der Waals surface area contributed by atoms with Crippen LogP contribution in [0.4, 0.5) is 11.4 Å². The maximum absolute atomic E-state index is 11.0. The van der Waals surface area contributed by atoms with E-state index in [9.17, 15) is 10.1 Å². The lowest BCUT2D eigenvalue weighted by Crippen LogP contribution is -1.95. The fraction of sp³-hybridized carbons (Fsp3) is 0.0769. The van der Waals surface area contributed by atoms with Crippen LogP contribution < -0.4 is 5.73 Å². The van der Waals surface area contributed by atoms with E-state index in [0.29, 0.717) is 27.0 Å². The summed E-state index contributed by atoms with van der Waals surface area (Å²) in [5.74, 6) is 0.346. The van der Waals surface area contributed by atoms with E-state index >= 15 is 0 Å². The standard InChI is InChI=1S/C13H10Cl2N2O2S/c14-10-2-1-3-12(17(18)19)9(10)7-20-13-6-8(16)4-5-11(13)15/h1-6H,7,16H2. The third-order valence-electron chi connectivity index (χ3n) is 2.62. The second-order valence-corrected chi connectivity index (χ2v) is 5.80. The van der Waals surface area contributed by atoms with Crippen LogP contribution in [0.15, 0.2) is 41.3 Å². The highest BCUT2D eigenvalue weighted by atomic mass is 35.5. The molecule has 0 unspecified atom stereocenters. The third kappa shape index (κ3) is 3.36. The molecule has 0 heterocycles. The molecule has 2 aromatic rings. The predicted molar refractivity (Wildman–Crippen MR) is 83.5 cm³/mol. The van der Waals surface area contributed by atoms with E-state index in [1.54, 1.807) is 30.3 Å². The molecule has 0 saturated heterocycles. The van der Waals surface area contributed by atoms with E-state index in [2.05, 4.69) is 0 Å². The normalized spacial score (nSPS) is 10.5. The second-order valence-electron chi connectivity index (χ2n) is 3.97. The molecule has 0 aliphatic carbocycles. The van der Waals surface area contributed by atoms with Gasteiger partial charge in [0.05, 0.1) is 20.5 Å². The van der Waals surface area contributed by atoms with Crippen LogP contribution in [-0.2, 0) is 5.75 Å². The van der Waals surface area contributed by atoms with Crippen molar-refractivity contribution >= 4 is 46.3 Å². The minimum absolute atomic E-state index is 0.00465. The van der Waals surface area contributed by atoms with Gasteiger partial charge in [0.2, 0.25) is 0 Å². The molecule has 0 atom stereocenters. The Morgan fingerprint density at radius 1 is 1.20 bits per heavy atom. The minimum Gasteiger partial charge on any atom is -0.399 e. The Hall–Kier alpha value is -1.43. The van der Waals surface area contributed by atoms with Crippen molar-refractivity contribution < 1.29 is 4.92 Å². The van der Waals surface area contributed by atoms with Gasteiger partial charge in [0.1, 0.15) is 0 Å². The average Bonchev–Trinajstić information content (AvgIpc) is 2.40. The van der Waals surface area contributed by atoms with Gasteiger partial charge in [-0.2, -0.15) is 0 Å². The van der Waals surface area contributed by atoms with Crippen molar-refractivity contribution in [3.8, 4) is 0 Å². The minimum atomic E-state index is -0.442. The van der Waals surface area contributed by atoms with Crippen molar-refractivity contribution in [2.45, 2.75) is 10.6 Å². The van der Waals surface area contributed by atoms with Crippen molar-refractivity contribution in [2.24, 2.45) is 0 Å². The Bertz CT molecular complexity index is 665. The van der Waals surface area contributed by atoms with Crippen molar-refractivity contribution in [1.82, 2.24) is 0 Å². The number of nitrogens with zero attached hydrogens (tertiary/aromatic N) is 1. The molecule has 0 amide bonds. The molecular formula is C13H10Cl2N2O2S. The maximum Gasteiger partial charge on any atom is 0.274 e. The Morgan fingerprint density at radius 2 is 1.95 bits per heavy atom. The number of nitrogen functional groups attached to an aromatic ring is 1. The van der Waals surface area contributed by atoms with Gasteiger partial charge in [-0.1, -0.05) is 29.3 Å². The van der Waals surface area contributed by atoms with Crippen LogP contribution in [0, 0.1) is 10.1 Å². The van der Waals surface area contributed by atoms with Gasteiger partial charge in [0.25, 0.3) is 5.69 Å². The predicted octanol–water partition coefficient (Wildman–Crippen LogP) is 4.78. The molecule has 2 rings (SSSR count). The largest absolute Gasteiger partial charge is 0.399 e. The first kappa shape index (κ1) is 15.0. The number of rotatable bonds is 4. The van der Waals surface area contributed by atoms with Crippen LogP contribution in [0.5, 0.6) is 0 Å². The van der Waals surface area contributed by atoms with Crippen LogP contribution in [-0.4, -0.2) is 4.92 Å². The summed E-state index contributed by atoms with van der Waals surface area (Å²) in [6.07, 6.45) is 0. The summed E-state index contributed by atoms with van der Waals surface area (Å²) in [5.41, 5.74) is 6.77. The number of anilines is 1. The Morgan fingerprint density at radius 3 is 2.65 bits per heavy atom. The molecule has 0 saturated carbocycles. The van der Waals surface area contributed by atoms with E-state index < -0.39 is 4.92 Å².